The van der Waals surface area contributed by atoms with E-state index >= 15 is 0 Å². The Morgan fingerprint density at radius 2 is 1.86 bits per heavy atom. The smallest absolute Gasteiger partial charge is 0.236 e. The number of carbonyl (C=O) groups is 1. The van der Waals surface area contributed by atoms with Crippen molar-refractivity contribution in [2.45, 2.75) is 6.10 Å². The number of rotatable bonds is 5. The Labute approximate surface area is 165 Å². The topological polar surface area (TPSA) is 58.1 Å². The monoisotopic (exact) mass is 382 g/mol. The van der Waals surface area contributed by atoms with Crippen molar-refractivity contribution in [3.63, 3.8) is 0 Å². The molecule has 1 saturated heterocycles. The number of benzene rings is 1. The van der Waals surface area contributed by atoms with Crippen molar-refractivity contribution in [2.75, 3.05) is 57.8 Å². The Balaban J connectivity index is 1.23. The zero-order valence-corrected chi connectivity index (χ0v) is 16.2. The Bertz CT molecular complexity index is 793. The van der Waals surface area contributed by atoms with E-state index in [1.807, 2.05) is 55.7 Å². The lowest BCUT2D eigenvalue weighted by atomic mass is 10.2. The van der Waals surface area contributed by atoms with Gasteiger partial charge < -0.3 is 19.3 Å². The van der Waals surface area contributed by atoms with Crippen LogP contribution in [0.25, 0.3) is 0 Å². The minimum absolute atomic E-state index is 0.105. The molecule has 0 aliphatic carbocycles. The molecular weight excluding hydrogens is 356 g/mol. The third kappa shape index (κ3) is 4.36. The quantitative estimate of drug-likeness (QED) is 0.781. The lowest BCUT2D eigenvalue weighted by molar-refractivity contribution is -0.132. The largest absolute Gasteiger partial charge is 0.486 e. The van der Waals surface area contributed by atoms with Gasteiger partial charge in [-0.2, -0.15) is 0 Å². The third-order valence-corrected chi connectivity index (χ3v) is 5.18. The predicted octanol–water partition coefficient (Wildman–Crippen LogP) is 1.50. The maximum atomic E-state index is 12.6. The molecule has 0 spiro atoms. The van der Waals surface area contributed by atoms with Gasteiger partial charge in [0, 0.05) is 39.4 Å². The first kappa shape index (κ1) is 18.6. The Hall–Kier alpha value is -2.80. The van der Waals surface area contributed by atoms with Crippen LogP contribution >= 0.6 is 0 Å². The SMILES string of the molecule is CN(C[C@@H]1COc2ccccc2O1)C(=O)CN1CCN(c2ccccn2)CC1. The minimum atomic E-state index is -0.148. The molecule has 0 bridgehead atoms. The molecule has 28 heavy (non-hydrogen) atoms. The highest BCUT2D eigenvalue weighted by atomic mass is 16.6. The number of anilines is 1. The zero-order valence-electron chi connectivity index (χ0n) is 16.2. The molecule has 3 heterocycles. The second-order valence-electron chi connectivity index (χ2n) is 7.22. The highest BCUT2D eigenvalue weighted by Crippen LogP contribution is 2.30. The molecule has 1 fully saturated rings. The van der Waals surface area contributed by atoms with E-state index in [9.17, 15) is 4.79 Å². The molecule has 148 valence electrons. The molecule has 2 aliphatic rings. The molecule has 1 aromatic heterocycles. The molecule has 1 amide bonds. The number of hydrogen-bond acceptors (Lipinski definition) is 6. The van der Waals surface area contributed by atoms with Gasteiger partial charge in [-0.25, -0.2) is 4.98 Å². The van der Waals surface area contributed by atoms with E-state index in [0.717, 1.165) is 43.5 Å². The van der Waals surface area contributed by atoms with Crippen LogP contribution in [0, 0.1) is 0 Å². The van der Waals surface area contributed by atoms with Gasteiger partial charge in [-0.3, -0.25) is 9.69 Å². The molecule has 7 heteroatoms. The highest BCUT2D eigenvalue weighted by Gasteiger charge is 2.25. The number of nitrogens with zero attached hydrogens (tertiary/aromatic N) is 4. The molecule has 0 N–H and O–H groups in total. The molecule has 4 rings (SSSR count). The van der Waals surface area contributed by atoms with Gasteiger partial charge in [-0.1, -0.05) is 18.2 Å². The Morgan fingerprint density at radius 1 is 1.11 bits per heavy atom. The lowest BCUT2D eigenvalue weighted by Gasteiger charge is -2.36. The fraction of sp³-hybridized carbons (Fsp3) is 0.429. The van der Waals surface area contributed by atoms with Crippen LogP contribution < -0.4 is 14.4 Å². The molecule has 1 aromatic carbocycles. The van der Waals surface area contributed by atoms with Crippen LogP contribution in [0.4, 0.5) is 5.82 Å². The van der Waals surface area contributed by atoms with Crippen molar-refractivity contribution >= 4 is 11.7 Å². The van der Waals surface area contributed by atoms with Gasteiger partial charge in [-0.05, 0) is 24.3 Å². The maximum absolute atomic E-state index is 12.6. The van der Waals surface area contributed by atoms with Crippen molar-refractivity contribution < 1.29 is 14.3 Å². The molecular formula is C21H26N4O3. The average Bonchev–Trinajstić information content (AvgIpc) is 2.75. The zero-order chi connectivity index (χ0) is 19.3. The number of carbonyl (C=O) groups excluding carboxylic acids is 1. The van der Waals surface area contributed by atoms with Crippen LogP contribution in [0.3, 0.4) is 0 Å². The van der Waals surface area contributed by atoms with Gasteiger partial charge in [0.05, 0.1) is 13.1 Å². The summed E-state index contributed by atoms with van der Waals surface area (Å²) in [4.78, 5) is 23.3. The fourth-order valence-corrected chi connectivity index (χ4v) is 3.55. The van der Waals surface area contributed by atoms with E-state index in [-0.39, 0.29) is 12.0 Å². The number of amides is 1. The molecule has 1 atom stereocenters. The van der Waals surface area contributed by atoms with Gasteiger partial charge in [0.1, 0.15) is 12.4 Å². The molecule has 0 saturated carbocycles. The summed E-state index contributed by atoms with van der Waals surface area (Å²) in [6.07, 6.45) is 1.67. The third-order valence-electron chi connectivity index (χ3n) is 5.18. The lowest BCUT2D eigenvalue weighted by Crippen LogP contribution is -2.51. The first-order chi connectivity index (χ1) is 13.7. The second-order valence-corrected chi connectivity index (χ2v) is 7.22. The van der Waals surface area contributed by atoms with E-state index in [1.165, 1.54) is 0 Å². The standard InChI is InChI=1S/C21H26N4O3/c1-23(14-17-16-27-18-6-2-3-7-19(18)28-17)21(26)15-24-10-12-25(13-11-24)20-8-4-5-9-22-20/h2-9,17H,10-16H2,1H3/t17-/m1/s1. The van der Waals surface area contributed by atoms with E-state index in [4.69, 9.17) is 9.47 Å². The molecule has 2 aromatic rings. The van der Waals surface area contributed by atoms with Gasteiger partial charge in [-0.15, -0.1) is 0 Å². The van der Waals surface area contributed by atoms with Gasteiger partial charge in [0.25, 0.3) is 0 Å². The Kier molecular flexibility index (Phi) is 5.62. The second kappa shape index (κ2) is 8.48. The summed E-state index contributed by atoms with van der Waals surface area (Å²) in [7, 11) is 1.83. The summed E-state index contributed by atoms with van der Waals surface area (Å²) in [6.45, 7) is 4.86. The fourth-order valence-electron chi connectivity index (χ4n) is 3.55. The number of fused-ring (bicyclic) bond motifs is 1. The van der Waals surface area contributed by atoms with Gasteiger partial charge in [0.2, 0.25) is 5.91 Å². The van der Waals surface area contributed by atoms with Crippen LogP contribution in [0.2, 0.25) is 0 Å². The van der Waals surface area contributed by atoms with Crippen LogP contribution in [-0.2, 0) is 4.79 Å². The first-order valence-electron chi connectivity index (χ1n) is 9.70. The molecule has 0 unspecified atom stereocenters. The van der Waals surface area contributed by atoms with Crippen LogP contribution in [-0.4, -0.2) is 79.7 Å². The van der Waals surface area contributed by atoms with Crippen LogP contribution in [0.5, 0.6) is 11.5 Å². The number of aromatic nitrogens is 1. The van der Waals surface area contributed by atoms with Crippen molar-refractivity contribution in [2.24, 2.45) is 0 Å². The normalized spacial score (nSPS) is 19.3. The van der Waals surface area contributed by atoms with Gasteiger partial charge in [0.15, 0.2) is 17.6 Å². The van der Waals surface area contributed by atoms with Crippen molar-refractivity contribution in [1.82, 2.24) is 14.8 Å². The average molecular weight is 382 g/mol. The molecule has 2 aliphatic heterocycles. The Morgan fingerprint density at radius 3 is 2.61 bits per heavy atom. The first-order valence-corrected chi connectivity index (χ1v) is 9.70. The number of likely N-dealkylation sites (N-methyl/N-ethyl adjacent to an activating group) is 1. The van der Waals surface area contributed by atoms with E-state index < -0.39 is 0 Å². The summed E-state index contributed by atoms with van der Waals surface area (Å²) >= 11 is 0. The highest BCUT2D eigenvalue weighted by molar-refractivity contribution is 5.78. The van der Waals surface area contributed by atoms with Crippen LogP contribution in [0.15, 0.2) is 48.7 Å². The molecule has 7 nitrogen and oxygen atoms in total. The summed E-state index contributed by atoms with van der Waals surface area (Å²) in [5, 5.41) is 0. The predicted molar refractivity (Wildman–Crippen MR) is 107 cm³/mol. The van der Waals surface area contributed by atoms with E-state index in [2.05, 4.69) is 14.8 Å². The molecule has 0 radical (unpaired) electrons. The van der Waals surface area contributed by atoms with Crippen LogP contribution in [0.1, 0.15) is 0 Å². The summed E-state index contributed by atoms with van der Waals surface area (Å²) in [6, 6.07) is 13.6. The van der Waals surface area contributed by atoms with Crippen molar-refractivity contribution in [1.29, 1.82) is 0 Å². The maximum Gasteiger partial charge on any atom is 0.236 e. The number of para-hydroxylation sites is 2. The van der Waals surface area contributed by atoms with E-state index in [0.29, 0.717) is 19.7 Å². The summed E-state index contributed by atoms with van der Waals surface area (Å²) in [5.74, 6) is 2.61. The summed E-state index contributed by atoms with van der Waals surface area (Å²) in [5.41, 5.74) is 0. The minimum Gasteiger partial charge on any atom is -0.486 e. The van der Waals surface area contributed by atoms with Crippen molar-refractivity contribution in [3.8, 4) is 11.5 Å². The van der Waals surface area contributed by atoms with Gasteiger partial charge >= 0.3 is 0 Å². The summed E-state index contributed by atoms with van der Waals surface area (Å²) < 4.78 is 11.7. The number of piperazine rings is 1. The number of ether oxygens (including phenoxy) is 2. The van der Waals surface area contributed by atoms with Crippen molar-refractivity contribution in [3.05, 3.63) is 48.7 Å². The number of pyridine rings is 1. The van der Waals surface area contributed by atoms with E-state index in [1.54, 1.807) is 4.90 Å². The number of hydrogen-bond donors (Lipinski definition) is 0.